The molecule has 0 amide bonds. The Balaban J connectivity index is 1.91. The third-order valence-corrected chi connectivity index (χ3v) is 10.3. The van der Waals surface area contributed by atoms with Gasteiger partial charge in [-0.05, 0) is 84.3 Å². The predicted molar refractivity (Wildman–Crippen MR) is 157 cm³/mol. The van der Waals surface area contributed by atoms with Crippen molar-refractivity contribution in [2.45, 2.75) is 114 Å². The average Bonchev–Trinajstić information content (AvgIpc) is 3.12. The van der Waals surface area contributed by atoms with Gasteiger partial charge in [-0.15, -0.1) is 0 Å². The second-order valence-corrected chi connectivity index (χ2v) is 14.5. The molecule has 0 N–H and O–H groups in total. The van der Waals surface area contributed by atoms with Gasteiger partial charge in [0.05, 0.1) is 0 Å². The zero-order chi connectivity index (χ0) is 28.7. The fourth-order valence-electron chi connectivity index (χ4n) is 7.70. The molecule has 0 aromatic heterocycles. The highest BCUT2D eigenvalue weighted by atomic mass is 16.1. The number of Topliss-reactive ketones (excluding diaryl/α,β-unsaturated/α-hetero) is 3. The number of hydrogen-bond donors (Lipinski definition) is 0. The normalized spacial score (nSPS) is 26.7. The first kappa shape index (κ1) is 30.5. The van der Waals surface area contributed by atoms with E-state index >= 15 is 0 Å². The lowest BCUT2D eigenvalue weighted by atomic mass is 9.55. The molecule has 1 aromatic carbocycles. The zero-order valence-electron chi connectivity index (χ0n) is 25.9. The Labute approximate surface area is 232 Å². The van der Waals surface area contributed by atoms with E-state index in [0.29, 0.717) is 24.2 Å². The standard InChI is InChI=1S/C35H52O3/c1-20(2)28(18-21(3)24(6)36)23(5)33(38)30(34(7,8)9)19-31(37)29-17-16-26-22(4)25-14-12-13-15-27(25)32(26)35(29,10)11/h12-15,20-22,26,29-30,32H,16-19H2,1-11H3/b28-23-. The highest BCUT2D eigenvalue weighted by molar-refractivity contribution is 6.00. The van der Waals surface area contributed by atoms with E-state index in [9.17, 15) is 14.4 Å². The van der Waals surface area contributed by atoms with Crippen molar-refractivity contribution in [3.63, 3.8) is 0 Å². The molecule has 0 saturated heterocycles. The molecule has 2 aliphatic carbocycles. The summed E-state index contributed by atoms with van der Waals surface area (Å²) < 4.78 is 0. The van der Waals surface area contributed by atoms with Crippen LogP contribution in [0.2, 0.25) is 0 Å². The van der Waals surface area contributed by atoms with Crippen LogP contribution in [0.4, 0.5) is 0 Å². The number of allylic oxidation sites excluding steroid dienone is 2. The van der Waals surface area contributed by atoms with Gasteiger partial charge in [-0.1, -0.05) is 92.2 Å². The third-order valence-electron chi connectivity index (χ3n) is 10.3. The Morgan fingerprint density at radius 3 is 2.05 bits per heavy atom. The van der Waals surface area contributed by atoms with Crippen molar-refractivity contribution in [1.82, 2.24) is 0 Å². The summed E-state index contributed by atoms with van der Waals surface area (Å²) in [5.74, 6) is 1.59. The topological polar surface area (TPSA) is 51.2 Å². The van der Waals surface area contributed by atoms with E-state index in [4.69, 9.17) is 0 Å². The van der Waals surface area contributed by atoms with E-state index in [0.717, 1.165) is 24.0 Å². The Morgan fingerprint density at radius 2 is 1.53 bits per heavy atom. The molecule has 3 heteroatoms. The van der Waals surface area contributed by atoms with Crippen LogP contribution < -0.4 is 0 Å². The summed E-state index contributed by atoms with van der Waals surface area (Å²) in [6.45, 7) is 22.9. The molecule has 210 valence electrons. The van der Waals surface area contributed by atoms with E-state index in [2.05, 4.69) is 79.7 Å². The quantitative estimate of drug-likeness (QED) is 0.306. The molecule has 1 aromatic rings. The van der Waals surface area contributed by atoms with Crippen LogP contribution in [0, 0.1) is 40.4 Å². The minimum atomic E-state index is -0.375. The minimum Gasteiger partial charge on any atom is -0.300 e. The number of benzene rings is 1. The Morgan fingerprint density at radius 1 is 0.947 bits per heavy atom. The van der Waals surface area contributed by atoms with Crippen molar-refractivity contribution in [2.75, 3.05) is 0 Å². The minimum absolute atomic E-state index is 0.0497. The fourth-order valence-corrected chi connectivity index (χ4v) is 7.70. The van der Waals surface area contributed by atoms with Crippen LogP contribution >= 0.6 is 0 Å². The molecule has 6 atom stereocenters. The molecule has 0 heterocycles. The fraction of sp³-hybridized carbons (Fsp3) is 0.686. The Hall–Kier alpha value is -2.03. The number of carbonyl (C=O) groups is 3. The van der Waals surface area contributed by atoms with Crippen LogP contribution in [-0.4, -0.2) is 17.3 Å². The molecule has 6 unspecified atom stereocenters. The summed E-state index contributed by atoms with van der Waals surface area (Å²) in [4.78, 5) is 40.2. The van der Waals surface area contributed by atoms with Crippen LogP contribution in [0.5, 0.6) is 0 Å². The molecule has 0 bridgehead atoms. The van der Waals surface area contributed by atoms with E-state index in [1.165, 1.54) is 11.1 Å². The van der Waals surface area contributed by atoms with Gasteiger partial charge in [-0.3, -0.25) is 14.4 Å². The molecule has 1 saturated carbocycles. The molecule has 0 radical (unpaired) electrons. The van der Waals surface area contributed by atoms with Crippen molar-refractivity contribution in [3.05, 3.63) is 46.5 Å². The Bertz CT molecular complexity index is 1100. The SMILES string of the molecule is CC(=O)C(C)C/C(=C(\C)C(=O)C(CC(=O)C1CCC2C(C)c3ccccc3C2C1(C)C)C(C)(C)C)C(C)C. The number of fused-ring (bicyclic) bond motifs is 3. The highest BCUT2D eigenvalue weighted by Gasteiger charge is 2.54. The van der Waals surface area contributed by atoms with Gasteiger partial charge in [-0.2, -0.15) is 0 Å². The van der Waals surface area contributed by atoms with Gasteiger partial charge in [0.2, 0.25) is 0 Å². The zero-order valence-corrected chi connectivity index (χ0v) is 25.9. The summed E-state index contributed by atoms with van der Waals surface area (Å²) >= 11 is 0. The summed E-state index contributed by atoms with van der Waals surface area (Å²) in [7, 11) is 0. The van der Waals surface area contributed by atoms with E-state index in [1.54, 1.807) is 6.92 Å². The number of carbonyl (C=O) groups excluding carboxylic acids is 3. The molecule has 1 fully saturated rings. The van der Waals surface area contributed by atoms with Gasteiger partial charge >= 0.3 is 0 Å². The summed E-state index contributed by atoms with van der Waals surface area (Å²) in [5, 5.41) is 0. The first-order valence-electron chi connectivity index (χ1n) is 14.9. The molecular formula is C35H52O3. The lowest BCUT2D eigenvalue weighted by Gasteiger charge is -2.48. The predicted octanol–water partition coefficient (Wildman–Crippen LogP) is 8.72. The van der Waals surface area contributed by atoms with Gasteiger partial charge < -0.3 is 0 Å². The van der Waals surface area contributed by atoms with Crippen molar-refractivity contribution in [2.24, 2.45) is 40.4 Å². The van der Waals surface area contributed by atoms with Gasteiger partial charge in [0, 0.05) is 24.2 Å². The lowest BCUT2D eigenvalue weighted by Crippen LogP contribution is -2.44. The Kier molecular flexibility index (Phi) is 9.01. The molecule has 0 spiro atoms. The maximum Gasteiger partial charge on any atom is 0.162 e. The van der Waals surface area contributed by atoms with Crippen LogP contribution in [-0.2, 0) is 14.4 Å². The number of hydrogen-bond acceptors (Lipinski definition) is 3. The van der Waals surface area contributed by atoms with Crippen molar-refractivity contribution >= 4 is 17.3 Å². The smallest absolute Gasteiger partial charge is 0.162 e. The van der Waals surface area contributed by atoms with Crippen LogP contribution in [0.25, 0.3) is 0 Å². The molecule has 3 nitrogen and oxygen atoms in total. The first-order chi connectivity index (χ1) is 17.5. The van der Waals surface area contributed by atoms with Crippen LogP contribution in [0.1, 0.15) is 125 Å². The molecule has 2 aliphatic rings. The maximum atomic E-state index is 14.1. The second-order valence-electron chi connectivity index (χ2n) is 14.5. The number of rotatable bonds is 9. The molecule has 3 rings (SSSR count). The van der Waals surface area contributed by atoms with Gasteiger partial charge in [-0.25, -0.2) is 0 Å². The van der Waals surface area contributed by atoms with Gasteiger partial charge in [0.1, 0.15) is 11.6 Å². The molecular weight excluding hydrogens is 468 g/mol. The highest BCUT2D eigenvalue weighted by Crippen LogP contribution is 2.62. The largest absolute Gasteiger partial charge is 0.300 e. The van der Waals surface area contributed by atoms with Gasteiger partial charge in [0.15, 0.2) is 5.78 Å². The van der Waals surface area contributed by atoms with Crippen molar-refractivity contribution in [3.8, 4) is 0 Å². The average molecular weight is 521 g/mol. The summed E-state index contributed by atoms with van der Waals surface area (Å²) in [6, 6.07) is 8.82. The molecule has 38 heavy (non-hydrogen) atoms. The van der Waals surface area contributed by atoms with Crippen molar-refractivity contribution in [1.29, 1.82) is 0 Å². The van der Waals surface area contributed by atoms with Crippen molar-refractivity contribution < 1.29 is 14.4 Å². The van der Waals surface area contributed by atoms with E-state index < -0.39 is 0 Å². The maximum absolute atomic E-state index is 14.1. The van der Waals surface area contributed by atoms with Crippen LogP contribution in [0.3, 0.4) is 0 Å². The van der Waals surface area contributed by atoms with E-state index in [1.807, 2.05) is 13.8 Å². The summed E-state index contributed by atoms with van der Waals surface area (Å²) in [5.41, 5.74) is 4.19. The van der Waals surface area contributed by atoms with Crippen LogP contribution in [0.15, 0.2) is 35.4 Å². The second kappa shape index (κ2) is 11.2. The summed E-state index contributed by atoms with van der Waals surface area (Å²) in [6.07, 6.45) is 2.86. The van der Waals surface area contributed by atoms with E-state index in [-0.39, 0.29) is 58.3 Å². The first-order valence-corrected chi connectivity index (χ1v) is 14.9. The molecule has 0 aliphatic heterocycles. The monoisotopic (exact) mass is 520 g/mol. The van der Waals surface area contributed by atoms with Gasteiger partial charge in [0.25, 0.3) is 0 Å². The number of ketones is 3. The lowest BCUT2D eigenvalue weighted by molar-refractivity contribution is -0.135. The third kappa shape index (κ3) is 5.77.